The van der Waals surface area contributed by atoms with Crippen LogP contribution in [0.25, 0.3) is 0 Å². The zero-order valence-electron chi connectivity index (χ0n) is 10.5. The molecular formula is C13H13ClN4O2. The molecule has 1 amide bonds. The summed E-state index contributed by atoms with van der Waals surface area (Å²) in [6.45, 7) is 0.231. The van der Waals surface area contributed by atoms with Crippen molar-refractivity contribution in [2.75, 3.05) is 23.8 Å². The number of nitrogens with zero attached hydrogens (tertiary/aromatic N) is 2. The lowest BCUT2D eigenvalue weighted by Crippen LogP contribution is -2.18. The van der Waals surface area contributed by atoms with Gasteiger partial charge in [0.05, 0.1) is 6.61 Å². The fourth-order valence-electron chi connectivity index (χ4n) is 1.53. The fourth-order valence-corrected chi connectivity index (χ4v) is 1.66. The molecule has 0 atom stereocenters. The van der Waals surface area contributed by atoms with Gasteiger partial charge in [-0.3, -0.25) is 4.79 Å². The molecule has 104 valence electrons. The van der Waals surface area contributed by atoms with Crippen molar-refractivity contribution >= 4 is 29.0 Å². The summed E-state index contributed by atoms with van der Waals surface area (Å²) in [6.07, 6.45) is 2.90. The van der Waals surface area contributed by atoms with Gasteiger partial charge in [0.1, 0.15) is 0 Å². The Kier molecular flexibility index (Phi) is 4.86. The molecule has 0 fully saturated rings. The zero-order chi connectivity index (χ0) is 14.4. The molecule has 3 N–H and O–H groups in total. The van der Waals surface area contributed by atoms with Crippen LogP contribution >= 0.6 is 11.6 Å². The molecule has 1 aromatic heterocycles. The van der Waals surface area contributed by atoms with Crippen LogP contribution in [-0.4, -0.2) is 34.1 Å². The van der Waals surface area contributed by atoms with Crippen LogP contribution in [0, 0.1) is 0 Å². The second kappa shape index (κ2) is 6.83. The SMILES string of the molecule is O=C(Nc1ccc(Cl)cc1)c1nccnc1NCCO. The Hall–Kier alpha value is -2.18. The van der Waals surface area contributed by atoms with E-state index in [-0.39, 0.29) is 18.2 Å². The van der Waals surface area contributed by atoms with Gasteiger partial charge in [0.2, 0.25) is 0 Å². The summed E-state index contributed by atoms with van der Waals surface area (Å²) < 4.78 is 0. The molecule has 0 aliphatic heterocycles. The third-order valence-electron chi connectivity index (χ3n) is 2.42. The summed E-state index contributed by atoms with van der Waals surface area (Å²) in [7, 11) is 0. The van der Waals surface area contributed by atoms with Gasteiger partial charge < -0.3 is 15.7 Å². The van der Waals surface area contributed by atoms with Crippen LogP contribution in [0.4, 0.5) is 11.5 Å². The van der Waals surface area contributed by atoms with Gasteiger partial charge in [0, 0.05) is 29.6 Å². The molecule has 1 heterocycles. The Balaban J connectivity index is 2.14. The Morgan fingerprint density at radius 1 is 1.20 bits per heavy atom. The number of benzene rings is 1. The van der Waals surface area contributed by atoms with Gasteiger partial charge >= 0.3 is 0 Å². The predicted molar refractivity (Wildman–Crippen MR) is 77.0 cm³/mol. The molecule has 6 nitrogen and oxygen atoms in total. The highest BCUT2D eigenvalue weighted by molar-refractivity contribution is 6.30. The lowest BCUT2D eigenvalue weighted by atomic mass is 10.3. The molecule has 0 saturated carbocycles. The average Bonchev–Trinajstić information content (AvgIpc) is 2.47. The molecule has 0 saturated heterocycles. The van der Waals surface area contributed by atoms with Crippen LogP contribution in [0.3, 0.4) is 0 Å². The predicted octanol–water partition coefficient (Wildman–Crippen LogP) is 1.79. The summed E-state index contributed by atoms with van der Waals surface area (Å²) >= 11 is 5.78. The first-order valence-corrected chi connectivity index (χ1v) is 6.31. The third kappa shape index (κ3) is 3.66. The zero-order valence-corrected chi connectivity index (χ0v) is 11.3. The number of hydrogen-bond donors (Lipinski definition) is 3. The number of carbonyl (C=O) groups is 1. The minimum atomic E-state index is -0.388. The van der Waals surface area contributed by atoms with Gasteiger partial charge in [-0.2, -0.15) is 0 Å². The first kappa shape index (κ1) is 14.2. The molecule has 0 unspecified atom stereocenters. The maximum absolute atomic E-state index is 12.1. The Morgan fingerprint density at radius 3 is 2.60 bits per heavy atom. The smallest absolute Gasteiger partial charge is 0.278 e. The maximum Gasteiger partial charge on any atom is 0.278 e. The van der Waals surface area contributed by atoms with Crippen LogP contribution in [0.2, 0.25) is 5.02 Å². The largest absolute Gasteiger partial charge is 0.395 e. The topological polar surface area (TPSA) is 87.1 Å². The molecule has 20 heavy (non-hydrogen) atoms. The second-order valence-electron chi connectivity index (χ2n) is 3.86. The van der Waals surface area contributed by atoms with Crippen molar-refractivity contribution in [2.45, 2.75) is 0 Å². The van der Waals surface area contributed by atoms with Crippen molar-refractivity contribution in [3.63, 3.8) is 0 Å². The molecule has 0 spiro atoms. The van der Waals surface area contributed by atoms with Crippen molar-refractivity contribution in [3.8, 4) is 0 Å². The van der Waals surface area contributed by atoms with E-state index in [1.54, 1.807) is 24.3 Å². The lowest BCUT2D eigenvalue weighted by Gasteiger charge is -2.09. The van der Waals surface area contributed by atoms with E-state index in [0.717, 1.165) is 0 Å². The number of amides is 1. The van der Waals surface area contributed by atoms with E-state index in [4.69, 9.17) is 16.7 Å². The molecule has 0 aliphatic carbocycles. The summed E-state index contributed by atoms with van der Waals surface area (Å²) in [6, 6.07) is 6.74. The van der Waals surface area contributed by atoms with Crippen molar-refractivity contribution in [3.05, 3.63) is 47.4 Å². The standard InChI is InChI=1S/C13H13ClN4O2/c14-9-1-3-10(4-2-9)18-13(20)11-12(17-7-8-19)16-6-5-15-11/h1-6,19H,7-8H2,(H,16,17)(H,18,20). The highest BCUT2D eigenvalue weighted by atomic mass is 35.5. The van der Waals surface area contributed by atoms with E-state index in [0.29, 0.717) is 23.1 Å². The quantitative estimate of drug-likeness (QED) is 0.782. The van der Waals surface area contributed by atoms with Crippen LogP contribution < -0.4 is 10.6 Å². The number of halogens is 1. The van der Waals surface area contributed by atoms with E-state index in [1.165, 1.54) is 12.4 Å². The Morgan fingerprint density at radius 2 is 1.90 bits per heavy atom. The van der Waals surface area contributed by atoms with Crippen molar-refractivity contribution < 1.29 is 9.90 Å². The summed E-state index contributed by atoms with van der Waals surface area (Å²) in [5, 5.41) is 14.9. The second-order valence-corrected chi connectivity index (χ2v) is 4.30. The van der Waals surface area contributed by atoms with E-state index >= 15 is 0 Å². The number of anilines is 2. The normalized spacial score (nSPS) is 10.1. The van der Waals surface area contributed by atoms with Gasteiger partial charge in [-0.1, -0.05) is 11.6 Å². The van der Waals surface area contributed by atoms with Crippen LogP contribution in [0.15, 0.2) is 36.7 Å². The first-order chi connectivity index (χ1) is 9.70. The lowest BCUT2D eigenvalue weighted by molar-refractivity contribution is 0.102. The van der Waals surface area contributed by atoms with Gasteiger partial charge in [0.25, 0.3) is 5.91 Å². The van der Waals surface area contributed by atoms with Gasteiger partial charge in [-0.05, 0) is 24.3 Å². The summed E-state index contributed by atoms with van der Waals surface area (Å²) in [5.74, 6) is -0.0612. The fraction of sp³-hybridized carbons (Fsp3) is 0.154. The molecular weight excluding hydrogens is 280 g/mol. The molecule has 2 aromatic rings. The number of aliphatic hydroxyl groups is 1. The highest BCUT2D eigenvalue weighted by Crippen LogP contribution is 2.15. The minimum absolute atomic E-state index is 0.0607. The van der Waals surface area contributed by atoms with E-state index < -0.39 is 0 Å². The maximum atomic E-state index is 12.1. The Bertz CT molecular complexity index is 589. The van der Waals surface area contributed by atoms with E-state index in [1.807, 2.05) is 0 Å². The third-order valence-corrected chi connectivity index (χ3v) is 2.67. The monoisotopic (exact) mass is 292 g/mol. The van der Waals surface area contributed by atoms with Crippen LogP contribution in [0.1, 0.15) is 10.5 Å². The van der Waals surface area contributed by atoms with Crippen molar-refractivity contribution in [2.24, 2.45) is 0 Å². The molecule has 1 aromatic carbocycles. The Labute approximate surface area is 120 Å². The van der Waals surface area contributed by atoms with Crippen molar-refractivity contribution in [1.82, 2.24) is 9.97 Å². The average molecular weight is 293 g/mol. The van der Waals surface area contributed by atoms with Gasteiger partial charge in [-0.25, -0.2) is 9.97 Å². The summed E-state index contributed by atoms with van der Waals surface area (Å²) in [4.78, 5) is 20.2. The van der Waals surface area contributed by atoms with E-state index in [9.17, 15) is 4.79 Å². The molecule has 0 bridgehead atoms. The molecule has 0 aliphatic rings. The molecule has 7 heteroatoms. The molecule has 2 rings (SSSR count). The number of carbonyl (C=O) groups excluding carboxylic acids is 1. The van der Waals surface area contributed by atoms with E-state index in [2.05, 4.69) is 20.6 Å². The number of aromatic nitrogens is 2. The van der Waals surface area contributed by atoms with Gasteiger partial charge in [0.15, 0.2) is 11.5 Å². The number of rotatable bonds is 5. The highest BCUT2D eigenvalue weighted by Gasteiger charge is 2.14. The summed E-state index contributed by atoms with van der Waals surface area (Å²) in [5.41, 5.74) is 0.772. The minimum Gasteiger partial charge on any atom is -0.395 e. The first-order valence-electron chi connectivity index (χ1n) is 5.93. The molecule has 0 radical (unpaired) electrons. The number of hydrogen-bond acceptors (Lipinski definition) is 5. The van der Waals surface area contributed by atoms with Crippen LogP contribution in [-0.2, 0) is 0 Å². The van der Waals surface area contributed by atoms with Crippen LogP contribution in [0.5, 0.6) is 0 Å². The number of aliphatic hydroxyl groups excluding tert-OH is 1. The van der Waals surface area contributed by atoms with Gasteiger partial charge in [-0.15, -0.1) is 0 Å². The number of nitrogens with one attached hydrogen (secondary N) is 2. The van der Waals surface area contributed by atoms with Crippen molar-refractivity contribution in [1.29, 1.82) is 0 Å².